The highest BCUT2D eigenvalue weighted by atomic mass is 16.2. The molecule has 3 rings (SSSR count). The molecule has 5 nitrogen and oxygen atoms in total. The van der Waals surface area contributed by atoms with E-state index in [4.69, 9.17) is 5.26 Å². The van der Waals surface area contributed by atoms with Crippen molar-refractivity contribution < 1.29 is 4.79 Å². The molecule has 0 unspecified atom stereocenters. The Balaban J connectivity index is 1.49. The largest absolute Gasteiger partial charge is 0.338 e. The Bertz CT molecular complexity index is 957. The summed E-state index contributed by atoms with van der Waals surface area (Å²) < 4.78 is 0. The highest BCUT2D eigenvalue weighted by Crippen LogP contribution is 2.21. The Hall–Kier alpha value is -3.65. The second-order valence-electron chi connectivity index (χ2n) is 6.20. The van der Waals surface area contributed by atoms with Gasteiger partial charge in [-0.15, -0.1) is 0 Å². The lowest BCUT2D eigenvalue weighted by molar-refractivity contribution is 0.252. The molecular formula is C22H20N4O. The average Bonchev–Trinajstić information content (AvgIpc) is 2.69. The number of urea groups is 1. The Morgan fingerprint density at radius 1 is 1.04 bits per heavy atom. The second-order valence-corrected chi connectivity index (χ2v) is 6.20. The predicted octanol–water partition coefficient (Wildman–Crippen LogP) is 4.29. The van der Waals surface area contributed by atoms with Crippen LogP contribution in [0.15, 0.2) is 66.9 Å². The van der Waals surface area contributed by atoms with Gasteiger partial charge in [-0.2, -0.15) is 5.26 Å². The monoisotopic (exact) mass is 356 g/mol. The molecule has 27 heavy (non-hydrogen) atoms. The summed E-state index contributed by atoms with van der Waals surface area (Å²) >= 11 is 0. The summed E-state index contributed by atoms with van der Waals surface area (Å²) in [5.74, 6) is 0. The lowest BCUT2D eigenvalue weighted by atomic mass is 10.1. The molecule has 0 saturated carbocycles. The lowest BCUT2D eigenvalue weighted by Crippen LogP contribution is -2.30. The summed E-state index contributed by atoms with van der Waals surface area (Å²) in [6.45, 7) is 2.48. The minimum absolute atomic E-state index is 0.240. The molecule has 1 heterocycles. The van der Waals surface area contributed by atoms with Crippen molar-refractivity contribution in [1.29, 1.82) is 5.26 Å². The number of benzene rings is 2. The fourth-order valence-electron chi connectivity index (χ4n) is 2.71. The fraction of sp³-hybridized carbons (Fsp3) is 0.136. The van der Waals surface area contributed by atoms with Crippen molar-refractivity contribution in [2.45, 2.75) is 13.3 Å². The molecule has 0 bridgehead atoms. The number of rotatable bonds is 5. The summed E-state index contributed by atoms with van der Waals surface area (Å²) in [4.78, 5) is 16.2. The summed E-state index contributed by atoms with van der Waals surface area (Å²) in [6.07, 6.45) is 2.50. The van der Waals surface area contributed by atoms with Gasteiger partial charge in [0.15, 0.2) is 0 Å². The van der Waals surface area contributed by atoms with E-state index < -0.39 is 0 Å². The summed E-state index contributed by atoms with van der Waals surface area (Å²) in [5, 5.41) is 14.5. The third-order valence-corrected chi connectivity index (χ3v) is 4.16. The number of hydrogen-bond donors (Lipinski definition) is 2. The van der Waals surface area contributed by atoms with E-state index in [0.29, 0.717) is 18.5 Å². The van der Waals surface area contributed by atoms with Crippen LogP contribution in [0.1, 0.15) is 16.8 Å². The van der Waals surface area contributed by atoms with Gasteiger partial charge in [0.1, 0.15) is 0 Å². The van der Waals surface area contributed by atoms with Gasteiger partial charge in [-0.25, -0.2) is 4.79 Å². The molecule has 0 fully saturated rings. The van der Waals surface area contributed by atoms with E-state index in [9.17, 15) is 4.79 Å². The SMILES string of the molecule is Cc1cc(-c2ccc(NC(=O)NCCc3ccc(C#N)cc3)cc2)ccn1. The fourth-order valence-corrected chi connectivity index (χ4v) is 2.71. The van der Waals surface area contributed by atoms with Gasteiger partial charge < -0.3 is 10.6 Å². The molecule has 5 heteroatoms. The van der Waals surface area contributed by atoms with E-state index in [2.05, 4.69) is 21.7 Å². The van der Waals surface area contributed by atoms with Crippen LogP contribution in [-0.4, -0.2) is 17.6 Å². The summed E-state index contributed by atoms with van der Waals surface area (Å²) in [5.41, 5.74) is 5.59. The Labute approximate surface area is 158 Å². The standard InChI is InChI=1S/C22H20N4O/c1-16-14-20(11-13-24-16)19-6-8-21(9-7-19)26-22(27)25-12-10-17-2-4-18(15-23)5-3-17/h2-9,11,13-14H,10,12H2,1H3,(H2,25,26,27). The van der Waals surface area contributed by atoms with Gasteiger partial charge in [0.25, 0.3) is 0 Å². The smallest absolute Gasteiger partial charge is 0.319 e. The molecule has 0 saturated heterocycles. The second kappa shape index (κ2) is 8.63. The molecule has 0 atom stereocenters. The third kappa shape index (κ3) is 5.16. The van der Waals surface area contributed by atoms with Crippen molar-refractivity contribution >= 4 is 11.7 Å². The van der Waals surface area contributed by atoms with Crippen LogP contribution in [0, 0.1) is 18.3 Å². The summed E-state index contributed by atoms with van der Waals surface area (Å²) in [7, 11) is 0. The van der Waals surface area contributed by atoms with Crippen molar-refractivity contribution in [3.8, 4) is 17.2 Å². The zero-order chi connectivity index (χ0) is 19.1. The van der Waals surface area contributed by atoms with Crippen LogP contribution < -0.4 is 10.6 Å². The Morgan fingerprint density at radius 2 is 1.78 bits per heavy atom. The topological polar surface area (TPSA) is 77.8 Å². The number of pyridine rings is 1. The first kappa shape index (κ1) is 18.2. The Morgan fingerprint density at radius 3 is 2.44 bits per heavy atom. The maximum absolute atomic E-state index is 12.0. The van der Waals surface area contributed by atoms with Crippen LogP contribution in [0.2, 0.25) is 0 Å². The number of aryl methyl sites for hydroxylation is 1. The molecule has 3 aromatic rings. The number of amides is 2. The van der Waals surface area contributed by atoms with Gasteiger partial charge in [-0.3, -0.25) is 4.98 Å². The van der Waals surface area contributed by atoms with E-state index in [0.717, 1.165) is 28.1 Å². The van der Waals surface area contributed by atoms with E-state index in [1.165, 1.54) is 0 Å². The lowest BCUT2D eigenvalue weighted by Gasteiger charge is -2.09. The van der Waals surface area contributed by atoms with Crippen molar-refractivity contribution in [2.24, 2.45) is 0 Å². The van der Waals surface area contributed by atoms with Gasteiger partial charge in [0, 0.05) is 24.1 Å². The number of hydrogen-bond acceptors (Lipinski definition) is 3. The van der Waals surface area contributed by atoms with Crippen molar-refractivity contribution in [1.82, 2.24) is 10.3 Å². The first-order chi connectivity index (χ1) is 13.1. The minimum atomic E-state index is -0.240. The van der Waals surface area contributed by atoms with Gasteiger partial charge in [-0.05, 0) is 66.4 Å². The van der Waals surface area contributed by atoms with Crippen LogP contribution in [0.5, 0.6) is 0 Å². The van der Waals surface area contributed by atoms with Crippen LogP contribution in [0.4, 0.5) is 10.5 Å². The average molecular weight is 356 g/mol. The number of carbonyl (C=O) groups excluding carboxylic acids is 1. The number of carbonyl (C=O) groups is 1. The third-order valence-electron chi connectivity index (χ3n) is 4.16. The number of anilines is 1. The first-order valence-electron chi connectivity index (χ1n) is 8.71. The number of aromatic nitrogens is 1. The molecule has 0 aliphatic heterocycles. The molecule has 0 aliphatic rings. The highest BCUT2D eigenvalue weighted by Gasteiger charge is 2.03. The number of nitriles is 1. The van der Waals surface area contributed by atoms with Crippen LogP contribution in [0.25, 0.3) is 11.1 Å². The zero-order valence-electron chi connectivity index (χ0n) is 15.1. The number of nitrogens with one attached hydrogen (secondary N) is 2. The van der Waals surface area contributed by atoms with Crippen molar-refractivity contribution in [3.63, 3.8) is 0 Å². The van der Waals surface area contributed by atoms with Crippen molar-refractivity contribution in [2.75, 3.05) is 11.9 Å². The van der Waals surface area contributed by atoms with Crippen LogP contribution >= 0.6 is 0 Å². The molecule has 0 spiro atoms. The van der Waals surface area contributed by atoms with E-state index in [1.54, 1.807) is 18.3 Å². The molecule has 134 valence electrons. The molecular weight excluding hydrogens is 336 g/mol. The molecule has 2 N–H and O–H groups in total. The van der Waals surface area contributed by atoms with Crippen molar-refractivity contribution in [3.05, 3.63) is 83.7 Å². The van der Waals surface area contributed by atoms with Gasteiger partial charge in [0.05, 0.1) is 11.6 Å². The van der Waals surface area contributed by atoms with Crippen LogP contribution in [-0.2, 0) is 6.42 Å². The predicted molar refractivity (Wildman–Crippen MR) is 106 cm³/mol. The first-order valence-corrected chi connectivity index (χ1v) is 8.71. The minimum Gasteiger partial charge on any atom is -0.338 e. The van der Waals surface area contributed by atoms with E-state index >= 15 is 0 Å². The summed E-state index contributed by atoms with van der Waals surface area (Å²) in [6, 6.07) is 20.9. The molecule has 1 aromatic heterocycles. The van der Waals surface area contributed by atoms with Gasteiger partial charge in [0.2, 0.25) is 0 Å². The zero-order valence-corrected chi connectivity index (χ0v) is 15.1. The van der Waals surface area contributed by atoms with E-state index in [1.807, 2.05) is 55.5 Å². The molecule has 2 aromatic carbocycles. The van der Waals surface area contributed by atoms with Crippen LogP contribution in [0.3, 0.4) is 0 Å². The Kier molecular flexibility index (Phi) is 5.80. The maximum Gasteiger partial charge on any atom is 0.319 e. The normalized spacial score (nSPS) is 10.1. The quantitative estimate of drug-likeness (QED) is 0.716. The van der Waals surface area contributed by atoms with E-state index in [-0.39, 0.29) is 6.03 Å². The molecule has 0 radical (unpaired) electrons. The number of nitrogens with zero attached hydrogens (tertiary/aromatic N) is 2. The molecule has 0 aliphatic carbocycles. The van der Waals surface area contributed by atoms with Gasteiger partial charge >= 0.3 is 6.03 Å². The maximum atomic E-state index is 12.0. The highest BCUT2D eigenvalue weighted by molar-refractivity contribution is 5.89. The molecule has 2 amide bonds. The van der Waals surface area contributed by atoms with Gasteiger partial charge in [-0.1, -0.05) is 24.3 Å².